The molecule has 1 aliphatic rings. The van der Waals surface area contributed by atoms with Crippen LogP contribution in [-0.4, -0.2) is 53.3 Å². The average Bonchev–Trinajstić information content (AvgIpc) is 3.18. The lowest BCUT2D eigenvalue weighted by Crippen LogP contribution is -2.42. The van der Waals surface area contributed by atoms with Crippen molar-refractivity contribution in [1.82, 2.24) is 14.3 Å². The van der Waals surface area contributed by atoms with E-state index in [1.54, 1.807) is 19.1 Å². The molecule has 1 aliphatic heterocycles. The molecule has 1 amide bonds. The molecule has 32 heavy (non-hydrogen) atoms. The van der Waals surface area contributed by atoms with Gasteiger partial charge in [-0.3, -0.25) is 4.40 Å². The summed E-state index contributed by atoms with van der Waals surface area (Å²) < 4.78 is 18.8. The quantitative estimate of drug-likeness (QED) is 0.566. The summed E-state index contributed by atoms with van der Waals surface area (Å²) in [5, 5.41) is 0. The maximum Gasteiger partial charge on any atom is 0.410 e. The van der Waals surface area contributed by atoms with Crippen LogP contribution < -0.4 is 9.47 Å². The molecule has 1 atom stereocenters. The Labute approximate surface area is 188 Å². The van der Waals surface area contributed by atoms with E-state index in [9.17, 15) is 4.79 Å². The topological polar surface area (TPSA) is 65.3 Å². The SMILES string of the molecule is COc1cccc(-c2nc(C3CCCN(C(=O)OC(C)(C)C)C3)n3c(OC)cccc23)c1. The number of ether oxygens (including phenoxy) is 3. The summed E-state index contributed by atoms with van der Waals surface area (Å²) in [7, 11) is 3.32. The molecular weight excluding hydrogens is 406 g/mol. The minimum Gasteiger partial charge on any atom is -0.497 e. The van der Waals surface area contributed by atoms with Gasteiger partial charge in [0.1, 0.15) is 17.2 Å². The number of hydrogen-bond donors (Lipinski definition) is 0. The lowest BCUT2D eigenvalue weighted by molar-refractivity contribution is 0.0195. The molecule has 3 heterocycles. The summed E-state index contributed by atoms with van der Waals surface area (Å²) >= 11 is 0. The Morgan fingerprint density at radius 3 is 2.59 bits per heavy atom. The summed E-state index contributed by atoms with van der Waals surface area (Å²) in [5.74, 6) is 2.46. The Hall–Kier alpha value is -3.22. The van der Waals surface area contributed by atoms with Crippen molar-refractivity contribution in [1.29, 1.82) is 0 Å². The molecule has 0 spiro atoms. The van der Waals surface area contributed by atoms with Crippen LogP contribution in [0.4, 0.5) is 4.79 Å². The second kappa shape index (κ2) is 8.73. The van der Waals surface area contributed by atoms with Gasteiger partial charge in [-0.2, -0.15) is 0 Å². The molecule has 170 valence electrons. The predicted molar refractivity (Wildman–Crippen MR) is 124 cm³/mol. The van der Waals surface area contributed by atoms with Crippen molar-refractivity contribution in [2.75, 3.05) is 27.3 Å². The molecule has 1 unspecified atom stereocenters. The molecule has 1 fully saturated rings. The van der Waals surface area contributed by atoms with Gasteiger partial charge in [-0.1, -0.05) is 18.2 Å². The van der Waals surface area contributed by atoms with Gasteiger partial charge in [0.05, 0.1) is 25.4 Å². The van der Waals surface area contributed by atoms with Crippen molar-refractivity contribution in [2.24, 2.45) is 0 Å². The van der Waals surface area contributed by atoms with Crippen molar-refractivity contribution >= 4 is 11.6 Å². The van der Waals surface area contributed by atoms with Crippen LogP contribution in [0.3, 0.4) is 0 Å². The first-order chi connectivity index (χ1) is 15.3. The van der Waals surface area contributed by atoms with E-state index in [1.165, 1.54) is 0 Å². The summed E-state index contributed by atoms with van der Waals surface area (Å²) in [6.45, 7) is 6.91. The smallest absolute Gasteiger partial charge is 0.410 e. The van der Waals surface area contributed by atoms with Crippen LogP contribution >= 0.6 is 0 Å². The monoisotopic (exact) mass is 437 g/mol. The molecule has 0 aliphatic carbocycles. The summed E-state index contributed by atoms with van der Waals surface area (Å²) in [5.41, 5.74) is 2.28. The van der Waals surface area contributed by atoms with E-state index >= 15 is 0 Å². The number of hydrogen-bond acceptors (Lipinski definition) is 5. The molecule has 7 nitrogen and oxygen atoms in total. The highest BCUT2D eigenvalue weighted by atomic mass is 16.6. The van der Waals surface area contributed by atoms with Crippen LogP contribution in [0.2, 0.25) is 0 Å². The highest BCUT2D eigenvalue weighted by Crippen LogP contribution is 2.35. The van der Waals surface area contributed by atoms with Gasteiger partial charge >= 0.3 is 6.09 Å². The molecule has 3 aromatic rings. The van der Waals surface area contributed by atoms with Crippen molar-refractivity contribution in [3.8, 4) is 22.9 Å². The third-order valence-electron chi connectivity index (χ3n) is 5.64. The molecule has 7 heteroatoms. The predicted octanol–water partition coefficient (Wildman–Crippen LogP) is 5.13. The van der Waals surface area contributed by atoms with Gasteiger partial charge in [0.2, 0.25) is 0 Å². The molecule has 1 aromatic carbocycles. The summed E-state index contributed by atoms with van der Waals surface area (Å²) in [6.07, 6.45) is 1.55. The highest BCUT2D eigenvalue weighted by molar-refractivity contribution is 5.79. The van der Waals surface area contributed by atoms with Crippen LogP contribution in [0.15, 0.2) is 42.5 Å². The zero-order valence-electron chi connectivity index (χ0n) is 19.4. The number of carbonyl (C=O) groups is 1. The lowest BCUT2D eigenvalue weighted by atomic mass is 9.97. The number of pyridine rings is 1. The lowest BCUT2D eigenvalue weighted by Gasteiger charge is -2.33. The number of imidazole rings is 1. The fourth-order valence-electron chi connectivity index (χ4n) is 4.23. The van der Waals surface area contributed by atoms with Crippen LogP contribution in [0.1, 0.15) is 45.4 Å². The second-order valence-corrected chi connectivity index (χ2v) is 9.10. The molecular formula is C25H31N3O4. The summed E-state index contributed by atoms with van der Waals surface area (Å²) in [6, 6.07) is 13.8. The molecule has 0 N–H and O–H groups in total. The van der Waals surface area contributed by atoms with Crippen LogP contribution in [0.25, 0.3) is 16.8 Å². The molecule has 1 saturated heterocycles. The Balaban J connectivity index is 1.76. The van der Waals surface area contributed by atoms with Crippen LogP contribution in [0, 0.1) is 0 Å². The fraction of sp³-hybridized carbons (Fsp3) is 0.440. The summed E-state index contributed by atoms with van der Waals surface area (Å²) in [4.78, 5) is 19.6. The van der Waals surface area contributed by atoms with Crippen LogP contribution in [0.5, 0.6) is 11.6 Å². The first-order valence-corrected chi connectivity index (χ1v) is 11.0. The van der Waals surface area contributed by atoms with Crippen molar-refractivity contribution in [3.63, 3.8) is 0 Å². The Kier molecular flexibility index (Phi) is 6.00. The van der Waals surface area contributed by atoms with Crippen molar-refractivity contribution in [2.45, 2.75) is 45.1 Å². The van der Waals surface area contributed by atoms with Crippen LogP contribution in [-0.2, 0) is 4.74 Å². The van der Waals surface area contributed by atoms with E-state index in [4.69, 9.17) is 19.2 Å². The fourth-order valence-corrected chi connectivity index (χ4v) is 4.23. The van der Waals surface area contributed by atoms with E-state index in [2.05, 4.69) is 4.40 Å². The minimum atomic E-state index is -0.521. The zero-order chi connectivity index (χ0) is 22.9. The van der Waals surface area contributed by atoms with Gasteiger partial charge in [0.25, 0.3) is 0 Å². The number of amides is 1. The maximum atomic E-state index is 12.7. The number of aromatic nitrogens is 2. The normalized spacial score (nSPS) is 16.8. The van der Waals surface area contributed by atoms with Gasteiger partial charge in [-0.05, 0) is 57.9 Å². The molecule has 4 rings (SSSR count). The Bertz CT molecular complexity index is 1120. The van der Waals surface area contributed by atoms with Crippen molar-refractivity contribution in [3.05, 3.63) is 48.3 Å². The Morgan fingerprint density at radius 1 is 1.09 bits per heavy atom. The van der Waals surface area contributed by atoms with E-state index in [-0.39, 0.29) is 12.0 Å². The maximum absolute atomic E-state index is 12.7. The van der Waals surface area contributed by atoms with E-state index < -0.39 is 5.60 Å². The van der Waals surface area contributed by atoms with Gasteiger partial charge in [0.15, 0.2) is 5.88 Å². The highest BCUT2D eigenvalue weighted by Gasteiger charge is 2.31. The van der Waals surface area contributed by atoms with E-state index in [0.29, 0.717) is 19.0 Å². The van der Waals surface area contributed by atoms with E-state index in [0.717, 1.165) is 41.2 Å². The van der Waals surface area contributed by atoms with Gasteiger partial charge in [0, 0.05) is 24.6 Å². The van der Waals surface area contributed by atoms with Gasteiger partial charge in [-0.25, -0.2) is 9.78 Å². The first-order valence-electron chi connectivity index (χ1n) is 11.0. The number of carbonyl (C=O) groups excluding carboxylic acids is 1. The average molecular weight is 438 g/mol. The Morgan fingerprint density at radius 2 is 1.88 bits per heavy atom. The van der Waals surface area contributed by atoms with Crippen molar-refractivity contribution < 1.29 is 19.0 Å². The second-order valence-electron chi connectivity index (χ2n) is 9.10. The molecule has 0 radical (unpaired) electrons. The molecule has 0 saturated carbocycles. The third-order valence-corrected chi connectivity index (χ3v) is 5.64. The third kappa shape index (κ3) is 4.38. The van der Waals surface area contributed by atoms with Gasteiger partial charge in [-0.15, -0.1) is 0 Å². The van der Waals surface area contributed by atoms with E-state index in [1.807, 2.05) is 63.2 Å². The number of nitrogens with zero attached hydrogens (tertiary/aromatic N) is 3. The zero-order valence-corrected chi connectivity index (χ0v) is 19.4. The number of methoxy groups -OCH3 is 2. The molecule has 0 bridgehead atoms. The standard InChI is InChI=1S/C25H31N3O4/c1-25(2,3)32-24(29)27-14-8-10-18(16-27)23-26-22(17-9-6-11-19(15-17)30-4)20-12-7-13-21(31-5)28(20)23/h6-7,9,11-13,15,18H,8,10,14,16H2,1-5H3. The number of benzene rings is 1. The first kappa shape index (κ1) is 22.0. The number of fused-ring (bicyclic) bond motifs is 1. The largest absolute Gasteiger partial charge is 0.497 e. The van der Waals surface area contributed by atoms with Gasteiger partial charge < -0.3 is 19.1 Å². The molecule has 2 aromatic heterocycles. The number of rotatable bonds is 4. The minimum absolute atomic E-state index is 0.0689. The number of likely N-dealkylation sites (tertiary alicyclic amines) is 1. The number of piperidine rings is 1.